The Morgan fingerprint density at radius 1 is 1.12 bits per heavy atom. The largest absolute Gasteiger partial charge is 0.493 e. The molecule has 176 valence electrons. The van der Waals surface area contributed by atoms with E-state index in [1.165, 1.54) is 5.56 Å². The van der Waals surface area contributed by atoms with E-state index in [9.17, 15) is 4.79 Å². The molecule has 3 aromatic rings. The Labute approximate surface area is 204 Å². The first-order chi connectivity index (χ1) is 15.8. The third kappa shape index (κ3) is 5.42. The third-order valence-corrected chi connectivity index (χ3v) is 7.41. The first-order valence-corrected chi connectivity index (χ1v) is 12.4. The molecule has 1 aliphatic heterocycles. The second-order valence-corrected chi connectivity index (χ2v) is 10.8. The molecule has 1 saturated heterocycles. The second-order valence-electron chi connectivity index (χ2n) is 9.34. The summed E-state index contributed by atoms with van der Waals surface area (Å²) in [6.45, 7) is 11.7. The van der Waals surface area contributed by atoms with E-state index >= 15 is 0 Å². The summed E-state index contributed by atoms with van der Waals surface area (Å²) in [6, 6.07) is 11.8. The summed E-state index contributed by atoms with van der Waals surface area (Å²) < 4.78 is 6.52. The molecule has 0 unspecified atom stereocenters. The number of hydrogen-bond donors (Lipinski definition) is 1. The lowest BCUT2D eigenvalue weighted by atomic mass is 9.87. The van der Waals surface area contributed by atoms with Crippen LogP contribution in [-0.2, 0) is 5.41 Å². The fourth-order valence-corrected chi connectivity index (χ4v) is 5.22. The summed E-state index contributed by atoms with van der Waals surface area (Å²) in [6.07, 6.45) is 0. The number of rotatable bonds is 6. The lowest BCUT2D eigenvalue weighted by molar-refractivity contribution is 0.0947. The molecule has 0 bridgehead atoms. The number of hydrogen-bond acceptors (Lipinski definition) is 6. The van der Waals surface area contributed by atoms with Gasteiger partial charge >= 0.3 is 0 Å². The van der Waals surface area contributed by atoms with Crippen molar-refractivity contribution in [2.24, 2.45) is 0 Å². The molecule has 0 radical (unpaired) electrons. The highest BCUT2D eigenvalue weighted by atomic mass is 35.5. The van der Waals surface area contributed by atoms with Crippen LogP contribution in [0.1, 0.15) is 36.7 Å². The molecular weight excluding hydrogens is 456 g/mol. The Morgan fingerprint density at radius 2 is 1.82 bits per heavy atom. The van der Waals surface area contributed by atoms with E-state index in [-0.39, 0.29) is 11.3 Å². The summed E-state index contributed by atoms with van der Waals surface area (Å²) in [5.41, 5.74) is 2.85. The van der Waals surface area contributed by atoms with Gasteiger partial charge < -0.3 is 15.0 Å². The number of benzene rings is 2. The van der Waals surface area contributed by atoms with E-state index < -0.39 is 0 Å². The van der Waals surface area contributed by atoms with Gasteiger partial charge in [0.2, 0.25) is 0 Å². The van der Waals surface area contributed by atoms with Gasteiger partial charge in [0.05, 0.1) is 16.8 Å². The zero-order valence-corrected chi connectivity index (χ0v) is 21.2. The summed E-state index contributed by atoms with van der Waals surface area (Å²) in [5, 5.41) is 4.63. The predicted molar refractivity (Wildman–Crippen MR) is 137 cm³/mol. The van der Waals surface area contributed by atoms with Crippen LogP contribution < -0.4 is 15.0 Å². The number of thiazole rings is 1. The molecule has 1 aromatic heterocycles. The topological polar surface area (TPSA) is 57.7 Å². The molecule has 2 heterocycles. The monoisotopic (exact) mass is 486 g/mol. The summed E-state index contributed by atoms with van der Waals surface area (Å²) in [4.78, 5) is 22.0. The maximum absolute atomic E-state index is 12.5. The van der Waals surface area contributed by atoms with Gasteiger partial charge in [-0.05, 0) is 35.2 Å². The predicted octanol–water partition coefficient (Wildman–Crippen LogP) is 4.81. The van der Waals surface area contributed by atoms with Gasteiger partial charge in [-0.15, -0.1) is 0 Å². The molecule has 0 atom stereocenters. The van der Waals surface area contributed by atoms with E-state index in [0.29, 0.717) is 22.9 Å². The van der Waals surface area contributed by atoms with Crippen molar-refractivity contribution >= 4 is 44.2 Å². The summed E-state index contributed by atoms with van der Waals surface area (Å²) >= 11 is 7.91. The maximum Gasteiger partial charge on any atom is 0.251 e. The summed E-state index contributed by atoms with van der Waals surface area (Å²) in [5.74, 6) is 0.621. The molecule has 1 N–H and O–H groups in total. The Bertz CT molecular complexity index is 1120. The lowest BCUT2D eigenvalue weighted by Crippen LogP contribution is -2.48. The first kappa shape index (κ1) is 23.8. The second kappa shape index (κ2) is 9.87. The van der Waals surface area contributed by atoms with Gasteiger partial charge in [-0.1, -0.05) is 55.8 Å². The van der Waals surface area contributed by atoms with Crippen LogP contribution in [0.4, 0.5) is 5.13 Å². The Hall–Kier alpha value is -2.35. The van der Waals surface area contributed by atoms with Gasteiger partial charge in [0, 0.05) is 44.8 Å². The molecule has 1 aliphatic rings. The standard InChI is InChI=1S/C25H31ClN4O2S/c1-25(2,3)18-7-5-17(6-8-18)23(31)27-11-12-29-13-15-30(16-14-29)24-28-21-20(33-24)10-9-19(26)22(21)32-4/h5-10H,11-16H2,1-4H3,(H,27,31). The number of fused-ring (bicyclic) bond motifs is 1. The van der Waals surface area contributed by atoms with E-state index in [0.717, 1.165) is 48.1 Å². The highest BCUT2D eigenvalue weighted by Crippen LogP contribution is 2.38. The number of carbonyl (C=O) groups is 1. The van der Waals surface area contributed by atoms with Crippen molar-refractivity contribution in [3.05, 3.63) is 52.5 Å². The number of nitrogens with one attached hydrogen (secondary N) is 1. The smallest absolute Gasteiger partial charge is 0.251 e. The van der Waals surface area contributed by atoms with Crippen LogP contribution in [0.3, 0.4) is 0 Å². The van der Waals surface area contributed by atoms with Gasteiger partial charge in [0.25, 0.3) is 5.91 Å². The van der Waals surface area contributed by atoms with E-state index in [1.54, 1.807) is 18.4 Å². The minimum absolute atomic E-state index is 0.0174. The van der Waals surface area contributed by atoms with Crippen LogP contribution in [0.5, 0.6) is 5.75 Å². The van der Waals surface area contributed by atoms with Gasteiger partial charge in [-0.3, -0.25) is 9.69 Å². The zero-order valence-electron chi connectivity index (χ0n) is 19.7. The number of ether oxygens (including phenoxy) is 1. The quantitative estimate of drug-likeness (QED) is 0.542. The Kier molecular flexibility index (Phi) is 7.12. The molecule has 4 rings (SSSR count). The third-order valence-electron chi connectivity index (χ3n) is 6.03. The van der Waals surface area contributed by atoms with Crippen LogP contribution >= 0.6 is 22.9 Å². The number of halogens is 1. The van der Waals surface area contributed by atoms with Crippen molar-refractivity contribution in [1.29, 1.82) is 0 Å². The molecule has 0 saturated carbocycles. The molecule has 1 fully saturated rings. The highest BCUT2D eigenvalue weighted by molar-refractivity contribution is 7.22. The Morgan fingerprint density at radius 3 is 2.45 bits per heavy atom. The van der Waals surface area contributed by atoms with Crippen LogP contribution in [0.25, 0.3) is 10.2 Å². The van der Waals surface area contributed by atoms with E-state index in [4.69, 9.17) is 21.3 Å². The van der Waals surface area contributed by atoms with Crippen LogP contribution in [-0.4, -0.2) is 62.2 Å². The number of carbonyl (C=O) groups excluding carboxylic acids is 1. The summed E-state index contributed by atoms with van der Waals surface area (Å²) in [7, 11) is 1.62. The molecule has 0 spiro atoms. The number of anilines is 1. The minimum Gasteiger partial charge on any atom is -0.493 e. The molecular formula is C25H31ClN4O2S. The lowest BCUT2D eigenvalue weighted by Gasteiger charge is -2.34. The normalized spacial score (nSPS) is 15.1. The van der Waals surface area contributed by atoms with Crippen molar-refractivity contribution in [3.63, 3.8) is 0 Å². The number of piperazine rings is 1. The van der Waals surface area contributed by atoms with E-state index in [2.05, 4.69) is 35.9 Å². The van der Waals surface area contributed by atoms with Crippen molar-refractivity contribution in [3.8, 4) is 5.75 Å². The molecule has 8 heteroatoms. The average Bonchev–Trinajstić information content (AvgIpc) is 3.23. The van der Waals surface area contributed by atoms with E-state index in [1.807, 2.05) is 36.4 Å². The molecule has 0 aliphatic carbocycles. The maximum atomic E-state index is 12.5. The van der Waals surface area contributed by atoms with Gasteiger partial charge in [0.1, 0.15) is 5.52 Å². The van der Waals surface area contributed by atoms with Crippen molar-refractivity contribution < 1.29 is 9.53 Å². The van der Waals surface area contributed by atoms with Crippen LogP contribution in [0.15, 0.2) is 36.4 Å². The van der Waals surface area contributed by atoms with Crippen molar-refractivity contribution in [1.82, 2.24) is 15.2 Å². The zero-order chi connectivity index (χ0) is 23.6. The number of methoxy groups -OCH3 is 1. The highest BCUT2D eigenvalue weighted by Gasteiger charge is 2.21. The fraction of sp³-hybridized carbons (Fsp3) is 0.440. The van der Waals surface area contributed by atoms with Gasteiger partial charge in [0.15, 0.2) is 10.9 Å². The molecule has 1 amide bonds. The van der Waals surface area contributed by atoms with Gasteiger partial charge in [-0.25, -0.2) is 4.98 Å². The van der Waals surface area contributed by atoms with Crippen molar-refractivity contribution in [2.75, 3.05) is 51.3 Å². The van der Waals surface area contributed by atoms with Crippen LogP contribution in [0.2, 0.25) is 5.02 Å². The number of nitrogens with zero attached hydrogens (tertiary/aromatic N) is 3. The molecule has 2 aromatic carbocycles. The first-order valence-electron chi connectivity index (χ1n) is 11.3. The number of amides is 1. The molecule has 33 heavy (non-hydrogen) atoms. The van der Waals surface area contributed by atoms with Crippen LogP contribution in [0, 0.1) is 0 Å². The SMILES string of the molecule is COc1c(Cl)ccc2sc(N3CCN(CCNC(=O)c4ccc(C(C)(C)C)cc4)CC3)nc12. The Balaban J connectivity index is 1.26. The van der Waals surface area contributed by atoms with Gasteiger partial charge in [-0.2, -0.15) is 0 Å². The van der Waals surface area contributed by atoms with Crippen molar-refractivity contribution in [2.45, 2.75) is 26.2 Å². The fourth-order valence-electron chi connectivity index (χ4n) is 3.98. The number of aromatic nitrogens is 1. The average molecular weight is 487 g/mol. The molecule has 6 nitrogen and oxygen atoms in total. The minimum atomic E-state index is -0.0174.